The summed E-state index contributed by atoms with van der Waals surface area (Å²) >= 11 is 0. The molecule has 0 radical (unpaired) electrons. The van der Waals surface area contributed by atoms with E-state index in [0.717, 1.165) is 11.8 Å². The summed E-state index contributed by atoms with van der Waals surface area (Å²) in [5.41, 5.74) is 0. The Kier molecular flexibility index (Phi) is 6.69. The largest absolute Gasteiger partial charge is 0.0654 e. The van der Waals surface area contributed by atoms with Crippen molar-refractivity contribution in [3.63, 3.8) is 0 Å². The third kappa shape index (κ3) is 5.29. The minimum atomic E-state index is 0.949. The topological polar surface area (TPSA) is 0 Å². The SMILES string of the molecule is CCC[C@@H](C)CC(CC)CC. The molecule has 0 heteroatoms. The first-order chi connectivity index (χ1) is 5.24. The lowest BCUT2D eigenvalue weighted by molar-refractivity contribution is 0.355. The van der Waals surface area contributed by atoms with E-state index in [1.165, 1.54) is 32.1 Å². The molecule has 0 aliphatic carbocycles. The average Bonchev–Trinajstić information content (AvgIpc) is 2.01. The zero-order valence-electron chi connectivity index (χ0n) is 8.69. The highest BCUT2D eigenvalue weighted by Gasteiger charge is 2.08. The van der Waals surface area contributed by atoms with Gasteiger partial charge in [-0.1, -0.05) is 53.4 Å². The molecule has 0 spiro atoms. The number of hydrogen-bond donors (Lipinski definition) is 0. The van der Waals surface area contributed by atoms with Crippen molar-refractivity contribution in [2.24, 2.45) is 11.8 Å². The van der Waals surface area contributed by atoms with Crippen LogP contribution >= 0.6 is 0 Å². The number of rotatable bonds is 6. The molecule has 0 saturated heterocycles. The Hall–Kier alpha value is 0. The molecule has 68 valence electrons. The second-order valence-electron chi connectivity index (χ2n) is 3.81. The molecule has 0 fully saturated rings. The van der Waals surface area contributed by atoms with Gasteiger partial charge in [-0.3, -0.25) is 0 Å². The highest BCUT2D eigenvalue weighted by Crippen LogP contribution is 2.21. The Labute approximate surface area is 72.4 Å². The van der Waals surface area contributed by atoms with Crippen LogP contribution in [0.1, 0.15) is 59.8 Å². The van der Waals surface area contributed by atoms with E-state index in [9.17, 15) is 0 Å². The van der Waals surface area contributed by atoms with Crippen LogP contribution in [0, 0.1) is 11.8 Å². The lowest BCUT2D eigenvalue weighted by atomic mass is 9.89. The molecule has 0 aromatic rings. The van der Waals surface area contributed by atoms with Crippen molar-refractivity contribution in [1.29, 1.82) is 0 Å². The van der Waals surface area contributed by atoms with Crippen LogP contribution in [-0.4, -0.2) is 0 Å². The van der Waals surface area contributed by atoms with Crippen LogP contribution in [0.3, 0.4) is 0 Å². The van der Waals surface area contributed by atoms with Gasteiger partial charge in [-0.15, -0.1) is 0 Å². The van der Waals surface area contributed by atoms with E-state index in [2.05, 4.69) is 27.7 Å². The van der Waals surface area contributed by atoms with Crippen molar-refractivity contribution in [2.75, 3.05) is 0 Å². The zero-order chi connectivity index (χ0) is 8.69. The van der Waals surface area contributed by atoms with Crippen LogP contribution < -0.4 is 0 Å². The molecule has 0 saturated carbocycles. The second-order valence-corrected chi connectivity index (χ2v) is 3.81. The molecule has 0 amide bonds. The van der Waals surface area contributed by atoms with Crippen molar-refractivity contribution in [2.45, 2.75) is 59.8 Å². The smallest absolute Gasteiger partial charge is 0.0417 e. The molecule has 0 N–H and O–H groups in total. The first-order valence-corrected chi connectivity index (χ1v) is 5.24. The third-order valence-electron chi connectivity index (χ3n) is 2.67. The molecule has 0 rings (SSSR count). The van der Waals surface area contributed by atoms with Gasteiger partial charge in [0, 0.05) is 0 Å². The van der Waals surface area contributed by atoms with E-state index in [4.69, 9.17) is 0 Å². The molecule has 11 heavy (non-hydrogen) atoms. The van der Waals surface area contributed by atoms with Crippen LogP contribution in [0.2, 0.25) is 0 Å². The summed E-state index contributed by atoms with van der Waals surface area (Å²) in [4.78, 5) is 0. The zero-order valence-corrected chi connectivity index (χ0v) is 8.69. The van der Waals surface area contributed by atoms with Crippen LogP contribution in [-0.2, 0) is 0 Å². The van der Waals surface area contributed by atoms with Gasteiger partial charge < -0.3 is 0 Å². The van der Waals surface area contributed by atoms with Crippen LogP contribution in [0.5, 0.6) is 0 Å². The fourth-order valence-corrected chi connectivity index (χ4v) is 1.80. The third-order valence-corrected chi connectivity index (χ3v) is 2.67. The van der Waals surface area contributed by atoms with Crippen molar-refractivity contribution in [3.8, 4) is 0 Å². The van der Waals surface area contributed by atoms with Crippen LogP contribution in [0.15, 0.2) is 0 Å². The molecule has 0 bridgehead atoms. The van der Waals surface area contributed by atoms with E-state index < -0.39 is 0 Å². The quantitative estimate of drug-likeness (QED) is 0.539. The van der Waals surface area contributed by atoms with E-state index in [-0.39, 0.29) is 0 Å². The predicted molar refractivity (Wildman–Crippen MR) is 52.8 cm³/mol. The maximum absolute atomic E-state index is 2.39. The van der Waals surface area contributed by atoms with Gasteiger partial charge in [-0.2, -0.15) is 0 Å². The lowest BCUT2D eigenvalue weighted by Gasteiger charge is -2.17. The molecular formula is C11H24. The molecule has 0 unspecified atom stereocenters. The summed E-state index contributed by atoms with van der Waals surface area (Å²) in [6, 6.07) is 0. The summed E-state index contributed by atoms with van der Waals surface area (Å²) in [5.74, 6) is 1.93. The fourth-order valence-electron chi connectivity index (χ4n) is 1.80. The minimum Gasteiger partial charge on any atom is -0.0654 e. The maximum atomic E-state index is 2.39. The molecule has 1 atom stereocenters. The molecule has 0 aromatic heterocycles. The van der Waals surface area contributed by atoms with Crippen molar-refractivity contribution < 1.29 is 0 Å². The average molecular weight is 156 g/mol. The maximum Gasteiger partial charge on any atom is -0.0417 e. The fraction of sp³-hybridized carbons (Fsp3) is 1.00. The Morgan fingerprint density at radius 3 is 1.91 bits per heavy atom. The van der Waals surface area contributed by atoms with Gasteiger partial charge in [0.15, 0.2) is 0 Å². The molecule has 0 nitrogen and oxygen atoms in total. The minimum absolute atomic E-state index is 0.949. The summed E-state index contributed by atoms with van der Waals surface area (Å²) < 4.78 is 0. The highest BCUT2D eigenvalue weighted by atomic mass is 14.1. The van der Waals surface area contributed by atoms with E-state index >= 15 is 0 Å². The summed E-state index contributed by atoms with van der Waals surface area (Å²) in [7, 11) is 0. The van der Waals surface area contributed by atoms with Gasteiger partial charge in [0.2, 0.25) is 0 Å². The summed E-state index contributed by atoms with van der Waals surface area (Å²) in [6.07, 6.45) is 6.94. The predicted octanol–water partition coefficient (Wildman–Crippen LogP) is 4.25. The van der Waals surface area contributed by atoms with Crippen molar-refractivity contribution in [1.82, 2.24) is 0 Å². The normalized spacial score (nSPS) is 13.9. The van der Waals surface area contributed by atoms with Crippen LogP contribution in [0.25, 0.3) is 0 Å². The first kappa shape index (κ1) is 11.0. The van der Waals surface area contributed by atoms with Crippen molar-refractivity contribution in [3.05, 3.63) is 0 Å². The van der Waals surface area contributed by atoms with E-state index in [0.29, 0.717) is 0 Å². The molecular weight excluding hydrogens is 132 g/mol. The molecule has 0 heterocycles. The monoisotopic (exact) mass is 156 g/mol. The van der Waals surface area contributed by atoms with Gasteiger partial charge in [0.25, 0.3) is 0 Å². The van der Waals surface area contributed by atoms with Gasteiger partial charge >= 0.3 is 0 Å². The van der Waals surface area contributed by atoms with Crippen molar-refractivity contribution >= 4 is 0 Å². The molecule has 0 aromatic carbocycles. The van der Waals surface area contributed by atoms with E-state index in [1.54, 1.807) is 0 Å². The molecule has 0 aliphatic heterocycles. The Balaban J connectivity index is 3.44. The lowest BCUT2D eigenvalue weighted by Crippen LogP contribution is -2.04. The molecule has 0 aliphatic rings. The Morgan fingerprint density at radius 1 is 1.00 bits per heavy atom. The summed E-state index contributed by atoms with van der Waals surface area (Å²) in [6.45, 7) is 9.30. The summed E-state index contributed by atoms with van der Waals surface area (Å²) in [5, 5.41) is 0. The van der Waals surface area contributed by atoms with Gasteiger partial charge in [-0.05, 0) is 18.3 Å². The van der Waals surface area contributed by atoms with Gasteiger partial charge in [-0.25, -0.2) is 0 Å². The Bertz CT molecular complexity index is 72.1. The second kappa shape index (κ2) is 6.69. The standard InChI is InChI=1S/C11H24/c1-5-8-10(4)9-11(6-2)7-3/h10-11H,5-9H2,1-4H3/t10-/m1/s1. The first-order valence-electron chi connectivity index (χ1n) is 5.24. The number of hydrogen-bond acceptors (Lipinski definition) is 0. The highest BCUT2D eigenvalue weighted by molar-refractivity contribution is 4.60. The Morgan fingerprint density at radius 2 is 1.55 bits per heavy atom. The van der Waals surface area contributed by atoms with Gasteiger partial charge in [0.05, 0.1) is 0 Å². The van der Waals surface area contributed by atoms with E-state index in [1.807, 2.05) is 0 Å². The van der Waals surface area contributed by atoms with Gasteiger partial charge in [0.1, 0.15) is 0 Å². The van der Waals surface area contributed by atoms with Crippen LogP contribution in [0.4, 0.5) is 0 Å².